The molecule has 0 unspecified atom stereocenters. The van der Waals surface area contributed by atoms with E-state index in [2.05, 4.69) is 23.5 Å². The Labute approximate surface area is 158 Å². The number of imidazole rings is 1. The molecular weight excluding hydrogens is 338 g/mol. The maximum absolute atomic E-state index is 12.7. The summed E-state index contributed by atoms with van der Waals surface area (Å²) in [5, 5.41) is 3.17. The van der Waals surface area contributed by atoms with Gasteiger partial charge < -0.3 is 5.32 Å². The standard InChI is InChI=1S/C22H25N3O2/c1-2-24-19-12-5-6-13-20(19)25(22(24)27)15-14-21(26)23-18-11-7-9-16-8-3-4-10-17(16)18/h3-6,8,10,12-13,18H,2,7,9,11,14-15H2,1H3,(H,23,26)/t18-/m0/s1. The van der Waals surface area contributed by atoms with Crippen LogP contribution in [0.4, 0.5) is 0 Å². The highest BCUT2D eigenvalue weighted by Gasteiger charge is 2.21. The van der Waals surface area contributed by atoms with Crippen LogP contribution >= 0.6 is 0 Å². The summed E-state index contributed by atoms with van der Waals surface area (Å²) < 4.78 is 3.47. The number of aryl methyl sites for hydroxylation is 3. The monoisotopic (exact) mass is 363 g/mol. The van der Waals surface area contributed by atoms with E-state index in [0.717, 1.165) is 30.3 Å². The van der Waals surface area contributed by atoms with Gasteiger partial charge in [0.25, 0.3) is 0 Å². The van der Waals surface area contributed by atoms with Crippen molar-refractivity contribution in [2.45, 2.75) is 51.7 Å². The normalized spacial score (nSPS) is 16.3. The molecular formula is C22H25N3O2. The molecule has 0 fully saturated rings. The Morgan fingerprint density at radius 3 is 2.56 bits per heavy atom. The Bertz CT molecular complexity index is 1030. The van der Waals surface area contributed by atoms with Crippen molar-refractivity contribution in [1.82, 2.24) is 14.5 Å². The molecule has 0 saturated carbocycles. The molecule has 1 amide bonds. The number of amides is 1. The summed E-state index contributed by atoms with van der Waals surface area (Å²) in [4.78, 5) is 25.3. The van der Waals surface area contributed by atoms with Crippen molar-refractivity contribution >= 4 is 16.9 Å². The van der Waals surface area contributed by atoms with Gasteiger partial charge in [0, 0.05) is 19.5 Å². The Balaban J connectivity index is 1.49. The Morgan fingerprint density at radius 2 is 1.78 bits per heavy atom. The highest BCUT2D eigenvalue weighted by Crippen LogP contribution is 2.29. The molecule has 1 N–H and O–H groups in total. The second-order valence-electron chi connectivity index (χ2n) is 7.13. The van der Waals surface area contributed by atoms with Gasteiger partial charge in [-0.2, -0.15) is 0 Å². The summed E-state index contributed by atoms with van der Waals surface area (Å²) in [6.45, 7) is 2.98. The van der Waals surface area contributed by atoms with Crippen LogP contribution in [-0.4, -0.2) is 15.0 Å². The molecule has 4 rings (SSSR count). The molecule has 2 aromatic carbocycles. The van der Waals surface area contributed by atoms with Gasteiger partial charge in [-0.25, -0.2) is 4.79 Å². The number of carbonyl (C=O) groups excluding carboxylic acids is 1. The van der Waals surface area contributed by atoms with Crippen LogP contribution in [0, 0.1) is 0 Å². The van der Waals surface area contributed by atoms with Crippen LogP contribution in [0.5, 0.6) is 0 Å². The molecule has 140 valence electrons. The van der Waals surface area contributed by atoms with Crippen molar-refractivity contribution in [2.75, 3.05) is 0 Å². The number of nitrogens with one attached hydrogen (secondary N) is 1. The zero-order chi connectivity index (χ0) is 18.8. The molecule has 3 aromatic rings. The molecule has 27 heavy (non-hydrogen) atoms. The number of para-hydroxylation sites is 2. The summed E-state index contributed by atoms with van der Waals surface area (Å²) in [6, 6.07) is 16.2. The summed E-state index contributed by atoms with van der Waals surface area (Å²) in [6.07, 6.45) is 3.44. The molecule has 0 radical (unpaired) electrons. The molecule has 1 aromatic heterocycles. The van der Waals surface area contributed by atoms with Gasteiger partial charge in [0.2, 0.25) is 5.91 Å². The highest BCUT2D eigenvalue weighted by atomic mass is 16.2. The third-order valence-corrected chi connectivity index (χ3v) is 5.51. The average molecular weight is 363 g/mol. The number of hydrogen-bond acceptors (Lipinski definition) is 2. The van der Waals surface area contributed by atoms with E-state index >= 15 is 0 Å². The minimum Gasteiger partial charge on any atom is -0.349 e. The third-order valence-electron chi connectivity index (χ3n) is 5.51. The maximum atomic E-state index is 12.7. The fraction of sp³-hybridized carbons (Fsp3) is 0.364. The molecule has 5 heteroatoms. The lowest BCUT2D eigenvalue weighted by molar-refractivity contribution is -0.122. The fourth-order valence-corrected chi connectivity index (χ4v) is 4.18. The third kappa shape index (κ3) is 3.29. The molecule has 5 nitrogen and oxygen atoms in total. The number of nitrogens with zero attached hydrogens (tertiary/aromatic N) is 2. The number of rotatable bonds is 5. The van der Waals surface area contributed by atoms with E-state index in [9.17, 15) is 9.59 Å². The van der Waals surface area contributed by atoms with Gasteiger partial charge in [-0.15, -0.1) is 0 Å². The summed E-state index contributed by atoms with van der Waals surface area (Å²) in [5.41, 5.74) is 4.33. The van der Waals surface area contributed by atoms with Crippen molar-refractivity contribution in [3.05, 3.63) is 70.1 Å². The molecule has 1 aliphatic rings. The van der Waals surface area contributed by atoms with Gasteiger partial charge in [-0.3, -0.25) is 13.9 Å². The van der Waals surface area contributed by atoms with E-state index < -0.39 is 0 Å². The van der Waals surface area contributed by atoms with Gasteiger partial charge in [0.05, 0.1) is 17.1 Å². The Hall–Kier alpha value is -2.82. The van der Waals surface area contributed by atoms with Crippen molar-refractivity contribution in [3.8, 4) is 0 Å². The lowest BCUT2D eigenvalue weighted by Crippen LogP contribution is -2.32. The maximum Gasteiger partial charge on any atom is 0.329 e. The molecule has 1 atom stereocenters. The molecule has 0 spiro atoms. The Kier molecular flexibility index (Phi) is 4.84. The van der Waals surface area contributed by atoms with Crippen molar-refractivity contribution < 1.29 is 4.79 Å². The molecule has 1 heterocycles. The van der Waals surface area contributed by atoms with E-state index in [1.807, 2.05) is 37.3 Å². The van der Waals surface area contributed by atoms with Gasteiger partial charge in [-0.1, -0.05) is 36.4 Å². The first-order valence-corrected chi connectivity index (χ1v) is 9.74. The predicted octanol–water partition coefficient (Wildman–Crippen LogP) is 3.41. The first-order valence-electron chi connectivity index (χ1n) is 9.74. The number of aromatic nitrogens is 2. The molecule has 0 aliphatic heterocycles. The van der Waals surface area contributed by atoms with Crippen LogP contribution in [0.1, 0.15) is 43.4 Å². The highest BCUT2D eigenvalue weighted by molar-refractivity contribution is 5.78. The number of hydrogen-bond donors (Lipinski definition) is 1. The van der Waals surface area contributed by atoms with Crippen molar-refractivity contribution in [1.29, 1.82) is 0 Å². The smallest absolute Gasteiger partial charge is 0.329 e. The Morgan fingerprint density at radius 1 is 1.07 bits per heavy atom. The summed E-state index contributed by atoms with van der Waals surface area (Å²) in [7, 11) is 0. The van der Waals surface area contributed by atoms with Crippen LogP contribution in [0.25, 0.3) is 11.0 Å². The van der Waals surface area contributed by atoms with Gasteiger partial charge in [0.1, 0.15) is 0 Å². The van der Waals surface area contributed by atoms with Crippen LogP contribution in [0.2, 0.25) is 0 Å². The zero-order valence-electron chi connectivity index (χ0n) is 15.6. The summed E-state index contributed by atoms with van der Waals surface area (Å²) >= 11 is 0. The second-order valence-corrected chi connectivity index (χ2v) is 7.13. The number of carbonyl (C=O) groups is 1. The van der Waals surface area contributed by atoms with Gasteiger partial charge >= 0.3 is 5.69 Å². The van der Waals surface area contributed by atoms with Crippen molar-refractivity contribution in [2.24, 2.45) is 0 Å². The van der Waals surface area contributed by atoms with E-state index in [-0.39, 0.29) is 17.6 Å². The van der Waals surface area contributed by atoms with Gasteiger partial charge in [0.15, 0.2) is 0 Å². The minimum absolute atomic E-state index is 0.00284. The SMILES string of the molecule is CCn1c(=O)n(CCC(=O)N[C@H]2CCCc3ccccc32)c2ccccc21. The molecule has 0 saturated heterocycles. The lowest BCUT2D eigenvalue weighted by Gasteiger charge is -2.26. The lowest BCUT2D eigenvalue weighted by atomic mass is 9.88. The predicted molar refractivity (Wildman–Crippen MR) is 107 cm³/mol. The minimum atomic E-state index is -0.0467. The number of fused-ring (bicyclic) bond motifs is 2. The number of benzene rings is 2. The van der Waals surface area contributed by atoms with E-state index in [1.54, 1.807) is 9.13 Å². The van der Waals surface area contributed by atoms with Gasteiger partial charge in [-0.05, 0) is 49.4 Å². The van der Waals surface area contributed by atoms with Crippen molar-refractivity contribution in [3.63, 3.8) is 0 Å². The molecule has 1 aliphatic carbocycles. The first kappa shape index (κ1) is 17.6. The van der Waals surface area contributed by atoms with Crippen LogP contribution in [0.15, 0.2) is 53.3 Å². The topological polar surface area (TPSA) is 56.0 Å². The second kappa shape index (κ2) is 7.43. The van der Waals surface area contributed by atoms with Crippen LogP contribution < -0.4 is 11.0 Å². The van der Waals surface area contributed by atoms with E-state index in [0.29, 0.717) is 19.5 Å². The van der Waals surface area contributed by atoms with E-state index in [4.69, 9.17) is 0 Å². The fourth-order valence-electron chi connectivity index (χ4n) is 4.18. The van der Waals surface area contributed by atoms with Crippen LogP contribution in [0.3, 0.4) is 0 Å². The van der Waals surface area contributed by atoms with Crippen LogP contribution in [-0.2, 0) is 24.3 Å². The quantitative estimate of drug-likeness (QED) is 0.755. The largest absolute Gasteiger partial charge is 0.349 e. The molecule has 0 bridgehead atoms. The summed E-state index contributed by atoms with van der Waals surface area (Å²) in [5.74, 6) is -0.00284. The average Bonchev–Trinajstić information content (AvgIpc) is 2.97. The first-order chi connectivity index (χ1) is 13.2. The zero-order valence-corrected chi connectivity index (χ0v) is 15.6. The van der Waals surface area contributed by atoms with E-state index in [1.165, 1.54) is 11.1 Å².